The van der Waals surface area contributed by atoms with Crippen LogP contribution in [0, 0.1) is 35.4 Å². The van der Waals surface area contributed by atoms with Crippen molar-refractivity contribution in [1.82, 2.24) is 20.3 Å². The molecule has 1 atom stereocenters. The van der Waals surface area contributed by atoms with Crippen molar-refractivity contribution in [2.24, 2.45) is 0 Å². The average Bonchev–Trinajstić information content (AvgIpc) is 2.73. The maximum atomic E-state index is 15.0. The second kappa shape index (κ2) is 7.88. The molecule has 8 nitrogen and oxygen atoms in total. The highest BCUT2D eigenvalue weighted by Gasteiger charge is 2.45. The molecule has 0 bridgehead atoms. The minimum Gasteiger partial charge on any atom is -0.341 e. The van der Waals surface area contributed by atoms with Crippen LogP contribution in [0.3, 0.4) is 0 Å². The summed E-state index contributed by atoms with van der Waals surface area (Å²) >= 11 is 0. The number of aryl methyl sites for hydroxylation is 1. The summed E-state index contributed by atoms with van der Waals surface area (Å²) in [6.45, 7) is 2.46. The van der Waals surface area contributed by atoms with Gasteiger partial charge >= 0.3 is 5.92 Å². The van der Waals surface area contributed by atoms with Gasteiger partial charge in [0.1, 0.15) is 23.8 Å². The second-order valence-corrected chi connectivity index (χ2v) is 6.62. The summed E-state index contributed by atoms with van der Waals surface area (Å²) in [5.74, 6) is -7.10. The maximum Gasteiger partial charge on any atom is 0.355 e. The molecular weight excluding hydrogens is 413 g/mol. The third-order valence-electron chi connectivity index (χ3n) is 4.63. The van der Waals surface area contributed by atoms with Gasteiger partial charge in [-0.25, -0.2) is 14.4 Å². The van der Waals surface area contributed by atoms with E-state index in [0.29, 0.717) is 0 Å². The number of carbonyl (C=O) groups excluding carboxylic acids is 1. The van der Waals surface area contributed by atoms with Crippen LogP contribution < -0.4 is 10.9 Å². The summed E-state index contributed by atoms with van der Waals surface area (Å²) in [6.07, 6.45) is 2.33. The molecule has 0 fully saturated rings. The lowest BCUT2D eigenvalue weighted by atomic mass is 9.96. The molecule has 0 saturated heterocycles. The Morgan fingerprint density at radius 2 is 1.87 bits per heavy atom. The molecule has 2 aromatic heterocycles. The summed E-state index contributed by atoms with van der Waals surface area (Å²) in [5, 5.41) is 19.8. The van der Waals surface area contributed by atoms with Gasteiger partial charge in [0.25, 0.3) is 11.5 Å². The third kappa shape index (κ3) is 3.69. The van der Waals surface area contributed by atoms with Crippen molar-refractivity contribution >= 4 is 16.8 Å². The molecule has 0 aliphatic carbocycles. The fourth-order valence-corrected chi connectivity index (χ4v) is 3.12. The van der Waals surface area contributed by atoms with E-state index in [4.69, 9.17) is 5.26 Å². The van der Waals surface area contributed by atoms with Crippen molar-refractivity contribution < 1.29 is 18.0 Å². The van der Waals surface area contributed by atoms with Gasteiger partial charge in [-0.15, -0.1) is 0 Å². The van der Waals surface area contributed by atoms with Crippen LogP contribution in [0.15, 0.2) is 29.3 Å². The number of amides is 1. The number of carbonyl (C=O) groups is 1. The van der Waals surface area contributed by atoms with E-state index < -0.39 is 45.9 Å². The fraction of sp³-hybridized carbons (Fsp3) is 0.200. The number of benzene rings is 1. The summed E-state index contributed by atoms with van der Waals surface area (Å²) < 4.78 is 44.1. The Morgan fingerprint density at radius 1 is 1.23 bits per heavy atom. The maximum absolute atomic E-state index is 15.0. The van der Waals surface area contributed by atoms with Gasteiger partial charge in [-0.1, -0.05) is 0 Å². The molecule has 0 saturated carbocycles. The number of nitriles is 2. The van der Waals surface area contributed by atoms with Gasteiger partial charge in [-0.05, 0) is 31.5 Å². The topological polar surface area (TPSA) is 135 Å². The molecule has 0 radical (unpaired) electrons. The van der Waals surface area contributed by atoms with Gasteiger partial charge in [0, 0.05) is 17.8 Å². The molecule has 3 aromatic rings. The first-order valence-corrected chi connectivity index (χ1v) is 8.78. The van der Waals surface area contributed by atoms with E-state index in [1.807, 2.05) is 5.32 Å². The number of alkyl halides is 2. The van der Waals surface area contributed by atoms with E-state index in [1.165, 1.54) is 19.3 Å². The number of aromatic amines is 1. The predicted molar refractivity (Wildman–Crippen MR) is 101 cm³/mol. The van der Waals surface area contributed by atoms with Gasteiger partial charge in [-0.2, -0.15) is 19.3 Å². The standard InChI is InChI=1S/C20H13F3N6O2/c1-9-15-12(6-25)13(21)3-4-14(15)29-18(30)16(9)20(22,23)19(31)28-10(2)17-26-7-11(5-24)8-27-17/h3-4,7-8,10H,1-2H3,(H,28,31)(H,29,30)/t10-/m1/s1. The second-order valence-electron chi connectivity index (χ2n) is 6.62. The van der Waals surface area contributed by atoms with E-state index in [-0.39, 0.29) is 22.3 Å². The molecular formula is C20H13F3N6O2. The predicted octanol–water partition coefficient (Wildman–Crippen LogP) is 2.48. The van der Waals surface area contributed by atoms with E-state index in [1.54, 1.807) is 12.1 Å². The Morgan fingerprint density at radius 3 is 2.45 bits per heavy atom. The lowest BCUT2D eigenvalue weighted by molar-refractivity contribution is -0.148. The number of pyridine rings is 1. The van der Waals surface area contributed by atoms with Crippen molar-refractivity contribution in [3.63, 3.8) is 0 Å². The van der Waals surface area contributed by atoms with Crippen LogP contribution in [0.2, 0.25) is 0 Å². The molecule has 156 valence electrons. The molecule has 11 heteroatoms. The Balaban J connectivity index is 2.04. The van der Waals surface area contributed by atoms with Crippen LogP contribution in [0.5, 0.6) is 0 Å². The van der Waals surface area contributed by atoms with E-state index in [0.717, 1.165) is 19.1 Å². The largest absolute Gasteiger partial charge is 0.355 e. The van der Waals surface area contributed by atoms with Crippen LogP contribution in [0.1, 0.15) is 41.0 Å². The van der Waals surface area contributed by atoms with Crippen molar-refractivity contribution in [3.05, 3.63) is 68.8 Å². The molecule has 0 spiro atoms. The first-order valence-electron chi connectivity index (χ1n) is 8.78. The molecule has 1 aromatic carbocycles. The summed E-state index contributed by atoms with van der Waals surface area (Å²) in [6, 6.07) is 4.39. The zero-order valence-electron chi connectivity index (χ0n) is 16.1. The average molecular weight is 426 g/mol. The normalized spacial score (nSPS) is 12.1. The Kier molecular flexibility index (Phi) is 5.45. The quantitative estimate of drug-likeness (QED) is 0.658. The Hall–Kier alpha value is -4.25. The Labute approximate surface area is 173 Å². The lowest BCUT2D eigenvalue weighted by Crippen LogP contribution is -2.43. The molecule has 2 N–H and O–H groups in total. The van der Waals surface area contributed by atoms with E-state index in [9.17, 15) is 19.2 Å². The van der Waals surface area contributed by atoms with Gasteiger partial charge in [-0.3, -0.25) is 9.59 Å². The van der Waals surface area contributed by atoms with Gasteiger partial charge < -0.3 is 10.3 Å². The van der Waals surface area contributed by atoms with E-state index >= 15 is 8.78 Å². The van der Waals surface area contributed by atoms with Crippen LogP contribution in [0.4, 0.5) is 13.2 Å². The molecule has 0 aliphatic heterocycles. The molecule has 1 amide bonds. The van der Waals surface area contributed by atoms with E-state index in [2.05, 4.69) is 15.0 Å². The fourth-order valence-electron chi connectivity index (χ4n) is 3.12. The van der Waals surface area contributed by atoms with Gasteiger partial charge in [0.05, 0.1) is 28.2 Å². The lowest BCUT2D eigenvalue weighted by Gasteiger charge is -2.21. The van der Waals surface area contributed by atoms with Crippen LogP contribution >= 0.6 is 0 Å². The van der Waals surface area contributed by atoms with Crippen molar-refractivity contribution in [1.29, 1.82) is 10.5 Å². The van der Waals surface area contributed by atoms with Crippen LogP contribution in [-0.2, 0) is 10.7 Å². The van der Waals surface area contributed by atoms with Crippen LogP contribution in [-0.4, -0.2) is 20.9 Å². The number of hydrogen-bond acceptors (Lipinski definition) is 6. The number of hydrogen-bond donors (Lipinski definition) is 2. The smallest absolute Gasteiger partial charge is 0.341 e. The minimum absolute atomic E-state index is 0.0141. The number of nitrogens with zero attached hydrogens (tertiary/aromatic N) is 4. The van der Waals surface area contributed by atoms with Crippen molar-refractivity contribution in [2.75, 3.05) is 0 Å². The zero-order chi connectivity index (χ0) is 22.9. The highest BCUT2D eigenvalue weighted by Crippen LogP contribution is 2.33. The molecule has 0 aliphatic rings. The monoisotopic (exact) mass is 426 g/mol. The number of aromatic nitrogens is 3. The number of rotatable bonds is 4. The number of fused-ring (bicyclic) bond motifs is 1. The number of H-pyrrole nitrogens is 1. The van der Waals surface area contributed by atoms with Crippen molar-refractivity contribution in [3.8, 4) is 12.1 Å². The highest BCUT2D eigenvalue weighted by atomic mass is 19.3. The van der Waals surface area contributed by atoms with Gasteiger partial charge in [0.15, 0.2) is 0 Å². The molecule has 0 unspecified atom stereocenters. The first kappa shape index (κ1) is 21.5. The molecule has 2 heterocycles. The SMILES string of the molecule is Cc1c(C(F)(F)C(=O)N[C@H](C)c2ncc(C#N)cn2)c(=O)[nH]c2ccc(F)c(C#N)c12. The van der Waals surface area contributed by atoms with Crippen molar-refractivity contribution in [2.45, 2.75) is 25.8 Å². The van der Waals surface area contributed by atoms with Crippen LogP contribution in [0.25, 0.3) is 10.9 Å². The Bertz CT molecular complexity index is 1340. The molecule has 3 rings (SSSR count). The third-order valence-corrected chi connectivity index (χ3v) is 4.63. The number of nitrogens with one attached hydrogen (secondary N) is 2. The summed E-state index contributed by atoms with van der Waals surface area (Å²) in [4.78, 5) is 34.6. The highest BCUT2D eigenvalue weighted by molar-refractivity contribution is 5.92. The zero-order valence-corrected chi connectivity index (χ0v) is 16.1. The minimum atomic E-state index is -4.31. The first-order chi connectivity index (χ1) is 14.6. The van der Waals surface area contributed by atoms with Gasteiger partial charge in [0.2, 0.25) is 0 Å². The molecule has 31 heavy (non-hydrogen) atoms. The summed E-state index contributed by atoms with van der Waals surface area (Å²) in [7, 11) is 0. The number of halogens is 3. The summed E-state index contributed by atoms with van der Waals surface area (Å²) in [5.41, 5.74) is -3.23.